The summed E-state index contributed by atoms with van der Waals surface area (Å²) in [7, 11) is 0. The summed E-state index contributed by atoms with van der Waals surface area (Å²) >= 11 is 0. The van der Waals surface area contributed by atoms with Crippen molar-refractivity contribution < 1.29 is 4.39 Å². The number of anilines is 1. The second-order valence-corrected chi connectivity index (χ2v) is 6.50. The fourth-order valence-electron chi connectivity index (χ4n) is 3.82. The smallest absolute Gasteiger partial charge is 0.125 e. The average molecular weight is 291 g/mol. The van der Waals surface area contributed by atoms with E-state index in [9.17, 15) is 4.39 Å². The number of piperazine rings is 1. The molecule has 1 aromatic rings. The summed E-state index contributed by atoms with van der Waals surface area (Å²) in [6.07, 6.45) is 4.66. The van der Waals surface area contributed by atoms with Crippen LogP contribution in [0.5, 0.6) is 0 Å². The van der Waals surface area contributed by atoms with Crippen molar-refractivity contribution in [2.75, 3.05) is 31.1 Å². The Hall–Kier alpha value is -1.13. The lowest BCUT2D eigenvalue weighted by molar-refractivity contribution is 0.115. The van der Waals surface area contributed by atoms with E-state index in [-0.39, 0.29) is 5.82 Å². The van der Waals surface area contributed by atoms with Crippen molar-refractivity contribution in [2.24, 2.45) is 5.73 Å². The second kappa shape index (κ2) is 6.32. The molecular weight excluding hydrogens is 265 g/mol. The zero-order valence-corrected chi connectivity index (χ0v) is 12.9. The number of halogens is 1. The number of nitrogens with zero attached hydrogens (tertiary/aromatic N) is 2. The maximum absolute atomic E-state index is 13.9. The monoisotopic (exact) mass is 291 g/mol. The summed E-state index contributed by atoms with van der Waals surface area (Å²) < 4.78 is 13.9. The molecule has 0 aromatic heterocycles. The Balaban J connectivity index is 1.82. The first-order valence-electron chi connectivity index (χ1n) is 8.17. The van der Waals surface area contributed by atoms with E-state index in [0.29, 0.717) is 18.6 Å². The Labute approximate surface area is 126 Å². The molecule has 2 aliphatic rings. The number of benzene rings is 1. The van der Waals surface area contributed by atoms with E-state index in [1.54, 1.807) is 12.1 Å². The topological polar surface area (TPSA) is 32.5 Å². The highest BCUT2D eigenvalue weighted by atomic mass is 19.1. The molecule has 21 heavy (non-hydrogen) atoms. The molecule has 0 aliphatic carbocycles. The first-order valence-corrected chi connectivity index (χ1v) is 8.17. The third kappa shape index (κ3) is 3.22. The van der Waals surface area contributed by atoms with Crippen LogP contribution in [0.1, 0.15) is 31.7 Å². The van der Waals surface area contributed by atoms with Crippen molar-refractivity contribution >= 4 is 5.69 Å². The van der Waals surface area contributed by atoms with Crippen LogP contribution in [0, 0.1) is 5.82 Å². The van der Waals surface area contributed by atoms with E-state index in [1.165, 1.54) is 25.8 Å². The number of rotatable bonds is 3. The summed E-state index contributed by atoms with van der Waals surface area (Å²) in [6.45, 7) is 6.15. The normalized spacial score (nSPS) is 26.7. The third-order valence-electron chi connectivity index (χ3n) is 4.89. The highest BCUT2D eigenvalue weighted by molar-refractivity contribution is 5.51. The molecular formula is C17H26FN3. The minimum Gasteiger partial charge on any atom is -0.366 e. The predicted octanol–water partition coefficient (Wildman–Crippen LogP) is 2.39. The molecule has 3 rings (SSSR count). The van der Waals surface area contributed by atoms with Gasteiger partial charge in [-0.3, -0.25) is 4.90 Å². The largest absolute Gasteiger partial charge is 0.366 e. The minimum absolute atomic E-state index is 0.144. The Morgan fingerprint density at radius 1 is 1.24 bits per heavy atom. The Morgan fingerprint density at radius 2 is 2.10 bits per heavy atom. The molecule has 116 valence electrons. The van der Waals surface area contributed by atoms with E-state index in [1.807, 2.05) is 0 Å². The fourth-order valence-corrected chi connectivity index (χ4v) is 3.82. The number of hydrogen-bond donors (Lipinski definition) is 1. The van der Waals surface area contributed by atoms with E-state index in [0.717, 1.165) is 30.8 Å². The number of hydrogen-bond acceptors (Lipinski definition) is 3. The van der Waals surface area contributed by atoms with Crippen LogP contribution >= 0.6 is 0 Å². The van der Waals surface area contributed by atoms with Crippen molar-refractivity contribution in [3.63, 3.8) is 0 Å². The molecule has 2 aliphatic heterocycles. The van der Waals surface area contributed by atoms with Gasteiger partial charge in [0.15, 0.2) is 0 Å². The van der Waals surface area contributed by atoms with Gasteiger partial charge >= 0.3 is 0 Å². The lowest BCUT2D eigenvalue weighted by atomic mass is 9.96. The number of nitrogens with two attached hydrogens (primary N) is 1. The predicted molar refractivity (Wildman–Crippen MR) is 85.2 cm³/mol. The molecule has 2 fully saturated rings. The molecule has 3 nitrogen and oxygen atoms in total. The number of piperidine rings is 1. The first kappa shape index (κ1) is 14.8. The zero-order valence-electron chi connectivity index (χ0n) is 12.9. The first-order chi connectivity index (χ1) is 10.2. The highest BCUT2D eigenvalue weighted by Crippen LogP contribution is 2.29. The Bertz CT molecular complexity index is 491. The van der Waals surface area contributed by atoms with Crippen molar-refractivity contribution in [3.8, 4) is 0 Å². The van der Waals surface area contributed by atoms with Crippen molar-refractivity contribution in [3.05, 3.63) is 29.6 Å². The quantitative estimate of drug-likeness (QED) is 0.928. The van der Waals surface area contributed by atoms with Crippen LogP contribution in [0.4, 0.5) is 10.1 Å². The van der Waals surface area contributed by atoms with Crippen LogP contribution in [0.3, 0.4) is 0 Å². The van der Waals surface area contributed by atoms with Gasteiger partial charge in [0.2, 0.25) is 0 Å². The fraction of sp³-hybridized carbons (Fsp3) is 0.647. The molecule has 0 spiro atoms. The summed E-state index contributed by atoms with van der Waals surface area (Å²) in [5.74, 6) is -0.144. The van der Waals surface area contributed by atoms with Crippen LogP contribution in [0.15, 0.2) is 18.2 Å². The van der Waals surface area contributed by atoms with Crippen LogP contribution in [-0.4, -0.2) is 43.2 Å². The maximum atomic E-state index is 13.9. The SMILES string of the molecule is CC1CN2CCCCC2CN1c1cc(F)cc(CCN)c1. The van der Waals surface area contributed by atoms with Gasteiger partial charge in [-0.2, -0.15) is 0 Å². The van der Waals surface area contributed by atoms with Gasteiger partial charge in [0, 0.05) is 30.9 Å². The van der Waals surface area contributed by atoms with Crippen molar-refractivity contribution in [2.45, 2.75) is 44.7 Å². The molecule has 2 N–H and O–H groups in total. The van der Waals surface area contributed by atoms with Crippen LogP contribution < -0.4 is 10.6 Å². The molecule has 2 atom stereocenters. The van der Waals surface area contributed by atoms with Gasteiger partial charge in [0.05, 0.1) is 0 Å². The van der Waals surface area contributed by atoms with Gasteiger partial charge < -0.3 is 10.6 Å². The zero-order chi connectivity index (χ0) is 14.8. The molecule has 2 unspecified atom stereocenters. The van der Waals surface area contributed by atoms with Gasteiger partial charge in [-0.05, 0) is 63.0 Å². The summed E-state index contributed by atoms with van der Waals surface area (Å²) in [4.78, 5) is 5.00. The Kier molecular flexibility index (Phi) is 4.45. The molecule has 4 heteroatoms. The van der Waals surface area contributed by atoms with E-state index >= 15 is 0 Å². The molecule has 2 heterocycles. The van der Waals surface area contributed by atoms with Gasteiger partial charge in [0.1, 0.15) is 5.82 Å². The molecule has 0 radical (unpaired) electrons. The van der Waals surface area contributed by atoms with E-state index in [2.05, 4.69) is 22.8 Å². The summed E-state index contributed by atoms with van der Waals surface area (Å²) in [5.41, 5.74) is 7.64. The molecule has 0 bridgehead atoms. The van der Waals surface area contributed by atoms with Gasteiger partial charge in [-0.15, -0.1) is 0 Å². The summed E-state index contributed by atoms with van der Waals surface area (Å²) in [6, 6.07) is 6.47. The van der Waals surface area contributed by atoms with Crippen molar-refractivity contribution in [1.29, 1.82) is 0 Å². The van der Waals surface area contributed by atoms with Gasteiger partial charge in [-0.1, -0.05) is 6.42 Å². The van der Waals surface area contributed by atoms with Crippen LogP contribution in [-0.2, 0) is 6.42 Å². The average Bonchev–Trinajstić information content (AvgIpc) is 2.46. The van der Waals surface area contributed by atoms with Crippen molar-refractivity contribution in [1.82, 2.24) is 4.90 Å². The van der Waals surface area contributed by atoms with Crippen LogP contribution in [0.2, 0.25) is 0 Å². The van der Waals surface area contributed by atoms with E-state index in [4.69, 9.17) is 5.73 Å². The Morgan fingerprint density at radius 3 is 2.90 bits per heavy atom. The lowest BCUT2D eigenvalue weighted by Gasteiger charge is -2.48. The lowest BCUT2D eigenvalue weighted by Crippen LogP contribution is -2.58. The van der Waals surface area contributed by atoms with Gasteiger partial charge in [0.25, 0.3) is 0 Å². The molecule has 2 saturated heterocycles. The molecule has 0 amide bonds. The minimum atomic E-state index is -0.144. The second-order valence-electron chi connectivity index (χ2n) is 6.50. The van der Waals surface area contributed by atoms with Crippen LogP contribution in [0.25, 0.3) is 0 Å². The standard InChI is InChI=1S/C17H26FN3/c1-13-11-20-7-3-2-4-16(20)12-21(13)17-9-14(5-6-19)8-15(18)10-17/h8-10,13,16H,2-7,11-12,19H2,1H3. The highest BCUT2D eigenvalue weighted by Gasteiger charge is 2.33. The summed E-state index contributed by atoms with van der Waals surface area (Å²) in [5, 5.41) is 0. The van der Waals surface area contributed by atoms with E-state index < -0.39 is 0 Å². The molecule has 0 saturated carbocycles. The molecule has 1 aromatic carbocycles. The third-order valence-corrected chi connectivity index (χ3v) is 4.89. The number of fused-ring (bicyclic) bond motifs is 1. The van der Waals surface area contributed by atoms with Gasteiger partial charge in [-0.25, -0.2) is 4.39 Å². The maximum Gasteiger partial charge on any atom is 0.125 e.